The first-order chi connectivity index (χ1) is 8.99. The van der Waals surface area contributed by atoms with Crippen molar-refractivity contribution in [3.05, 3.63) is 17.5 Å². The molecule has 1 aromatic rings. The van der Waals surface area contributed by atoms with Gasteiger partial charge in [0.2, 0.25) is 0 Å². The lowest BCUT2D eigenvalue weighted by Crippen LogP contribution is -2.40. The fraction of sp³-hybridized carbons (Fsp3) is 0.733. The van der Waals surface area contributed by atoms with Crippen LogP contribution in [0, 0.1) is 5.92 Å². The highest BCUT2D eigenvalue weighted by Crippen LogP contribution is 2.23. The number of amides is 1. The number of nitrogens with zero attached hydrogens (tertiary/aromatic N) is 2. The second-order valence-corrected chi connectivity index (χ2v) is 6.11. The Morgan fingerprint density at radius 1 is 1.42 bits per heavy atom. The molecule has 4 heteroatoms. The molecule has 0 spiro atoms. The molecule has 0 aliphatic carbocycles. The van der Waals surface area contributed by atoms with Gasteiger partial charge in [0.15, 0.2) is 5.69 Å². The third kappa shape index (κ3) is 3.17. The van der Waals surface area contributed by atoms with E-state index in [1.165, 1.54) is 12.8 Å². The third-order valence-electron chi connectivity index (χ3n) is 3.94. The van der Waals surface area contributed by atoms with Gasteiger partial charge in [0, 0.05) is 24.6 Å². The molecule has 1 saturated heterocycles. The van der Waals surface area contributed by atoms with Crippen LogP contribution >= 0.6 is 0 Å². The van der Waals surface area contributed by atoms with Gasteiger partial charge in [-0.15, -0.1) is 0 Å². The van der Waals surface area contributed by atoms with Crippen LogP contribution in [-0.4, -0.2) is 28.6 Å². The first-order valence-electron chi connectivity index (χ1n) is 7.26. The SMILES string of the molecule is CC(C)c1cc(C(=O)N2C[C@H](C)CCC[C@H]2C)no1. The maximum absolute atomic E-state index is 12.5. The van der Waals surface area contributed by atoms with Gasteiger partial charge >= 0.3 is 0 Å². The molecule has 1 aliphatic heterocycles. The van der Waals surface area contributed by atoms with Crippen molar-refractivity contribution in [2.75, 3.05) is 6.54 Å². The molecule has 0 N–H and O–H groups in total. The molecule has 2 heterocycles. The average molecular weight is 264 g/mol. The van der Waals surface area contributed by atoms with E-state index >= 15 is 0 Å². The van der Waals surface area contributed by atoms with Crippen LogP contribution in [0.1, 0.15) is 69.1 Å². The van der Waals surface area contributed by atoms with Crippen LogP contribution in [0.2, 0.25) is 0 Å². The molecule has 1 fully saturated rings. The van der Waals surface area contributed by atoms with Gasteiger partial charge in [0.1, 0.15) is 5.76 Å². The quantitative estimate of drug-likeness (QED) is 0.822. The van der Waals surface area contributed by atoms with Crippen molar-refractivity contribution in [1.82, 2.24) is 10.1 Å². The fourth-order valence-electron chi connectivity index (χ4n) is 2.62. The molecule has 0 saturated carbocycles. The number of rotatable bonds is 2. The van der Waals surface area contributed by atoms with E-state index in [1.807, 2.05) is 18.7 Å². The van der Waals surface area contributed by atoms with Crippen molar-refractivity contribution >= 4 is 5.91 Å². The monoisotopic (exact) mass is 264 g/mol. The summed E-state index contributed by atoms with van der Waals surface area (Å²) in [6.07, 6.45) is 3.47. The summed E-state index contributed by atoms with van der Waals surface area (Å²) in [6, 6.07) is 2.08. The number of carbonyl (C=O) groups is 1. The molecule has 19 heavy (non-hydrogen) atoms. The Balaban J connectivity index is 2.16. The molecule has 1 aliphatic rings. The largest absolute Gasteiger partial charge is 0.360 e. The Morgan fingerprint density at radius 2 is 2.16 bits per heavy atom. The lowest BCUT2D eigenvalue weighted by atomic mass is 10.1. The Morgan fingerprint density at radius 3 is 2.79 bits per heavy atom. The standard InChI is InChI=1S/C15H24N2O2/c1-10(2)14-8-13(16-19-14)15(18)17-9-11(3)6-5-7-12(17)4/h8,10-12H,5-7,9H2,1-4H3/t11-,12-/m1/s1. The van der Waals surface area contributed by atoms with Crippen LogP contribution in [0.25, 0.3) is 0 Å². The zero-order valence-electron chi connectivity index (χ0n) is 12.3. The Hall–Kier alpha value is -1.32. The number of carbonyl (C=O) groups excluding carboxylic acids is 1. The van der Waals surface area contributed by atoms with Crippen molar-refractivity contribution in [2.45, 2.75) is 58.9 Å². The minimum absolute atomic E-state index is 0.0110. The van der Waals surface area contributed by atoms with Gasteiger partial charge in [0.25, 0.3) is 5.91 Å². The number of aromatic nitrogens is 1. The molecule has 2 atom stereocenters. The Labute approximate surface area is 115 Å². The summed E-state index contributed by atoms with van der Waals surface area (Å²) in [5.74, 6) is 1.61. The summed E-state index contributed by atoms with van der Waals surface area (Å²) in [5, 5.41) is 3.94. The second-order valence-electron chi connectivity index (χ2n) is 6.11. The van der Waals surface area contributed by atoms with E-state index in [4.69, 9.17) is 4.52 Å². The molecule has 0 unspecified atom stereocenters. The van der Waals surface area contributed by atoms with E-state index in [1.54, 1.807) is 6.07 Å². The number of hydrogen-bond acceptors (Lipinski definition) is 3. The summed E-state index contributed by atoms with van der Waals surface area (Å²) in [6.45, 7) is 9.22. The molecular formula is C15H24N2O2. The highest BCUT2D eigenvalue weighted by atomic mass is 16.5. The van der Waals surface area contributed by atoms with Crippen molar-refractivity contribution in [2.24, 2.45) is 5.92 Å². The van der Waals surface area contributed by atoms with E-state index in [0.29, 0.717) is 11.6 Å². The maximum atomic E-state index is 12.5. The van der Waals surface area contributed by atoms with Gasteiger partial charge in [-0.1, -0.05) is 32.3 Å². The number of likely N-dealkylation sites (tertiary alicyclic amines) is 1. The first-order valence-corrected chi connectivity index (χ1v) is 7.26. The molecule has 4 nitrogen and oxygen atoms in total. The van der Waals surface area contributed by atoms with E-state index in [9.17, 15) is 4.79 Å². The molecular weight excluding hydrogens is 240 g/mol. The van der Waals surface area contributed by atoms with Crippen molar-refractivity contribution in [1.29, 1.82) is 0 Å². The number of hydrogen-bond donors (Lipinski definition) is 0. The van der Waals surface area contributed by atoms with Crippen LogP contribution in [0.15, 0.2) is 10.6 Å². The van der Waals surface area contributed by atoms with Crippen molar-refractivity contribution < 1.29 is 9.32 Å². The van der Waals surface area contributed by atoms with Gasteiger partial charge in [-0.2, -0.15) is 0 Å². The average Bonchev–Trinajstić information content (AvgIpc) is 2.78. The van der Waals surface area contributed by atoms with Gasteiger partial charge in [0.05, 0.1) is 0 Å². The summed E-state index contributed by atoms with van der Waals surface area (Å²) in [7, 11) is 0. The smallest absolute Gasteiger partial charge is 0.276 e. The van der Waals surface area contributed by atoms with Crippen LogP contribution < -0.4 is 0 Å². The predicted octanol–water partition coefficient (Wildman–Crippen LogP) is 3.45. The van der Waals surface area contributed by atoms with Crippen LogP contribution in [0.3, 0.4) is 0 Å². The predicted molar refractivity (Wildman–Crippen MR) is 74.1 cm³/mol. The van der Waals surface area contributed by atoms with Crippen LogP contribution in [-0.2, 0) is 0 Å². The minimum atomic E-state index is 0.0110. The minimum Gasteiger partial charge on any atom is -0.360 e. The second kappa shape index (κ2) is 5.76. The van der Waals surface area contributed by atoms with E-state index in [0.717, 1.165) is 18.7 Å². The summed E-state index contributed by atoms with van der Waals surface area (Å²) in [4.78, 5) is 14.5. The topological polar surface area (TPSA) is 46.3 Å². The van der Waals surface area contributed by atoms with Gasteiger partial charge < -0.3 is 9.42 Å². The van der Waals surface area contributed by atoms with Crippen LogP contribution in [0.4, 0.5) is 0 Å². The lowest BCUT2D eigenvalue weighted by molar-refractivity contribution is 0.0666. The third-order valence-corrected chi connectivity index (χ3v) is 3.94. The Kier molecular flexibility index (Phi) is 4.27. The van der Waals surface area contributed by atoms with Gasteiger partial charge in [-0.05, 0) is 25.7 Å². The summed E-state index contributed by atoms with van der Waals surface area (Å²) < 4.78 is 5.23. The molecule has 0 bridgehead atoms. The molecule has 0 radical (unpaired) electrons. The lowest BCUT2D eigenvalue weighted by Gasteiger charge is -2.27. The fourth-order valence-corrected chi connectivity index (χ4v) is 2.62. The zero-order chi connectivity index (χ0) is 14.0. The highest BCUT2D eigenvalue weighted by Gasteiger charge is 2.28. The molecule has 0 aromatic carbocycles. The van der Waals surface area contributed by atoms with Crippen LogP contribution in [0.5, 0.6) is 0 Å². The van der Waals surface area contributed by atoms with Crippen molar-refractivity contribution in [3.8, 4) is 0 Å². The van der Waals surface area contributed by atoms with Gasteiger partial charge in [-0.3, -0.25) is 4.79 Å². The van der Waals surface area contributed by atoms with E-state index < -0.39 is 0 Å². The summed E-state index contributed by atoms with van der Waals surface area (Å²) in [5.41, 5.74) is 0.449. The molecule has 2 rings (SSSR count). The van der Waals surface area contributed by atoms with Gasteiger partial charge in [-0.25, -0.2) is 0 Å². The van der Waals surface area contributed by atoms with E-state index in [-0.39, 0.29) is 17.9 Å². The molecule has 1 amide bonds. The first kappa shape index (κ1) is 14.1. The van der Waals surface area contributed by atoms with E-state index in [2.05, 4.69) is 19.0 Å². The zero-order valence-corrected chi connectivity index (χ0v) is 12.3. The highest BCUT2D eigenvalue weighted by molar-refractivity contribution is 5.92. The molecule has 106 valence electrons. The van der Waals surface area contributed by atoms with Crippen molar-refractivity contribution in [3.63, 3.8) is 0 Å². The normalized spacial score (nSPS) is 24.6. The Bertz CT molecular complexity index is 439. The summed E-state index contributed by atoms with van der Waals surface area (Å²) >= 11 is 0. The maximum Gasteiger partial charge on any atom is 0.276 e. The molecule has 1 aromatic heterocycles.